The first-order valence-electron chi connectivity index (χ1n) is 11.9. The van der Waals surface area contributed by atoms with Gasteiger partial charge in [-0.2, -0.15) is 0 Å². The maximum Gasteiger partial charge on any atom is 0.0487 e. The van der Waals surface area contributed by atoms with Crippen molar-refractivity contribution in [2.75, 3.05) is 11.9 Å². The Labute approximate surface area is 188 Å². The summed E-state index contributed by atoms with van der Waals surface area (Å²) in [5, 5.41) is 2.46. The van der Waals surface area contributed by atoms with E-state index in [2.05, 4.69) is 71.6 Å². The molecule has 0 spiro atoms. The van der Waals surface area contributed by atoms with Crippen LogP contribution in [0.4, 0.5) is 11.4 Å². The Kier molecular flexibility index (Phi) is 4.17. The summed E-state index contributed by atoms with van der Waals surface area (Å²) in [5.74, 6) is 0. The molecule has 150 valence electrons. The molecule has 0 radical (unpaired) electrons. The van der Waals surface area contributed by atoms with Crippen LogP contribution in [0.1, 0.15) is 9.68 Å². The predicted molar refractivity (Wildman–Crippen MR) is 134 cm³/mol. The Morgan fingerprint density at radius 2 is 1.23 bits per heavy atom. The molecule has 1 heteroatoms. The minimum atomic E-state index is -2.18. The molecule has 1 nitrogen and oxygen atoms in total. The zero-order chi connectivity index (χ0) is 23.7. The van der Waals surface area contributed by atoms with E-state index < -0.39 is 6.85 Å². The third-order valence-corrected chi connectivity index (χ3v) is 5.84. The molecule has 31 heavy (non-hydrogen) atoms. The van der Waals surface area contributed by atoms with E-state index in [-0.39, 0.29) is 0 Å². The van der Waals surface area contributed by atoms with Crippen molar-refractivity contribution in [1.29, 1.82) is 0 Å². The first kappa shape index (κ1) is 15.9. The summed E-state index contributed by atoms with van der Waals surface area (Å²) in [7, 11) is 2.02. The molecule has 0 heterocycles. The van der Waals surface area contributed by atoms with Gasteiger partial charge in [0.05, 0.1) is 0 Å². The minimum absolute atomic E-state index is 0.363. The Bertz CT molecular complexity index is 1450. The maximum absolute atomic E-state index is 7.99. The maximum atomic E-state index is 7.99. The van der Waals surface area contributed by atoms with Crippen molar-refractivity contribution in [3.8, 4) is 22.3 Å². The molecule has 0 amide bonds. The molecule has 0 unspecified atom stereocenters. The van der Waals surface area contributed by atoms with Crippen LogP contribution in [-0.2, 0) is 0 Å². The lowest BCUT2D eigenvalue weighted by atomic mass is 9.97. The zero-order valence-corrected chi connectivity index (χ0v) is 17.4. The van der Waals surface area contributed by atoms with Gasteiger partial charge in [-0.15, -0.1) is 0 Å². The van der Waals surface area contributed by atoms with Crippen LogP contribution in [0.15, 0.2) is 115 Å². The monoisotopic (exact) mass is 402 g/mol. The summed E-state index contributed by atoms with van der Waals surface area (Å²) in [6.07, 6.45) is 0. The summed E-state index contributed by atoms with van der Waals surface area (Å²) in [6.45, 7) is -2.18. The fourth-order valence-electron chi connectivity index (χ4n) is 4.19. The van der Waals surface area contributed by atoms with Crippen LogP contribution >= 0.6 is 0 Å². The molecular formula is C30H25N. The van der Waals surface area contributed by atoms with Gasteiger partial charge < -0.3 is 4.90 Å². The second-order valence-corrected chi connectivity index (χ2v) is 7.70. The second kappa shape index (κ2) is 8.12. The van der Waals surface area contributed by atoms with E-state index >= 15 is 0 Å². The van der Waals surface area contributed by atoms with Crippen LogP contribution < -0.4 is 4.90 Å². The Hall–Kier alpha value is -3.84. The van der Waals surface area contributed by atoms with Gasteiger partial charge in [-0.25, -0.2) is 0 Å². The van der Waals surface area contributed by atoms with E-state index in [1.807, 2.05) is 43.4 Å². The van der Waals surface area contributed by atoms with E-state index in [4.69, 9.17) is 4.11 Å². The van der Waals surface area contributed by atoms with Gasteiger partial charge in [-0.05, 0) is 58.1 Å². The SMILES string of the molecule is [2H]C([2H])([2H])c1ccccc1-c1ccccc1N(C)c1ccc(-c2cccc3ccccc23)cc1. The highest BCUT2D eigenvalue weighted by atomic mass is 15.1. The molecule has 0 bridgehead atoms. The molecule has 0 N–H and O–H groups in total. The molecule has 0 atom stereocenters. The number of aryl methyl sites for hydroxylation is 1. The first-order valence-corrected chi connectivity index (χ1v) is 10.4. The predicted octanol–water partition coefficient (Wildman–Crippen LogP) is 8.25. The minimum Gasteiger partial charge on any atom is -0.344 e. The van der Waals surface area contributed by atoms with Crippen LogP contribution in [0.2, 0.25) is 0 Å². The van der Waals surface area contributed by atoms with Gasteiger partial charge in [-0.1, -0.05) is 97.1 Å². The Balaban J connectivity index is 1.53. The summed E-state index contributed by atoms with van der Waals surface area (Å²) in [4.78, 5) is 2.11. The van der Waals surface area contributed by atoms with Gasteiger partial charge in [0.2, 0.25) is 0 Å². The van der Waals surface area contributed by atoms with Crippen molar-refractivity contribution >= 4 is 22.1 Å². The highest BCUT2D eigenvalue weighted by molar-refractivity contribution is 5.97. The second-order valence-electron chi connectivity index (χ2n) is 7.70. The van der Waals surface area contributed by atoms with Gasteiger partial charge in [0, 0.05) is 28.1 Å². The van der Waals surface area contributed by atoms with Crippen LogP contribution in [0.5, 0.6) is 0 Å². The van der Waals surface area contributed by atoms with Crippen LogP contribution in [0.25, 0.3) is 33.0 Å². The summed E-state index contributed by atoms with van der Waals surface area (Å²) < 4.78 is 24.0. The van der Waals surface area contributed by atoms with Crippen molar-refractivity contribution in [1.82, 2.24) is 0 Å². The number of hydrogen-bond donors (Lipinski definition) is 0. The lowest BCUT2D eigenvalue weighted by Gasteiger charge is -2.24. The fourth-order valence-corrected chi connectivity index (χ4v) is 4.19. The Morgan fingerprint density at radius 3 is 2.06 bits per heavy atom. The molecular weight excluding hydrogens is 374 g/mol. The van der Waals surface area contributed by atoms with Crippen LogP contribution in [0, 0.1) is 6.85 Å². The van der Waals surface area contributed by atoms with E-state index in [0.29, 0.717) is 5.56 Å². The lowest BCUT2D eigenvalue weighted by Crippen LogP contribution is -2.10. The number of rotatable bonds is 4. The Morgan fingerprint density at radius 1 is 0.581 bits per heavy atom. The lowest BCUT2D eigenvalue weighted by molar-refractivity contribution is 1.21. The molecule has 5 rings (SSSR count). The van der Waals surface area contributed by atoms with E-state index in [1.54, 1.807) is 12.1 Å². The van der Waals surface area contributed by atoms with Gasteiger partial charge in [0.25, 0.3) is 0 Å². The third-order valence-electron chi connectivity index (χ3n) is 5.84. The van der Waals surface area contributed by atoms with Crippen molar-refractivity contribution < 1.29 is 4.11 Å². The van der Waals surface area contributed by atoms with Crippen molar-refractivity contribution in [3.05, 3.63) is 121 Å². The average molecular weight is 403 g/mol. The first-order chi connectivity index (χ1) is 16.4. The molecule has 0 saturated carbocycles. The number of para-hydroxylation sites is 1. The molecule has 0 aliphatic rings. The number of benzene rings is 5. The molecule has 0 aromatic heterocycles. The normalized spacial score (nSPS) is 12.7. The molecule has 5 aromatic rings. The van der Waals surface area contributed by atoms with E-state index in [0.717, 1.165) is 28.1 Å². The van der Waals surface area contributed by atoms with E-state index in [1.165, 1.54) is 16.3 Å². The summed E-state index contributed by atoms with van der Waals surface area (Å²) >= 11 is 0. The van der Waals surface area contributed by atoms with Crippen LogP contribution in [-0.4, -0.2) is 7.05 Å². The molecule has 0 aliphatic carbocycles. The summed E-state index contributed by atoms with van der Waals surface area (Å²) in [5.41, 5.74) is 6.35. The van der Waals surface area contributed by atoms with Crippen molar-refractivity contribution in [2.45, 2.75) is 6.85 Å². The van der Waals surface area contributed by atoms with Crippen molar-refractivity contribution in [3.63, 3.8) is 0 Å². The average Bonchev–Trinajstić information content (AvgIpc) is 2.87. The van der Waals surface area contributed by atoms with Gasteiger partial charge in [0.15, 0.2) is 0 Å². The number of anilines is 2. The summed E-state index contributed by atoms with van der Waals surface area (Å²) in [6, 6.07) is 38.5. The number of nitrogens with zero attached hydrogens (tertiary/aromatic N) is 1. The van der Waals surface area contributed by atoms with Crippen molar-refractivity contribution in [2.24, 2.45) is 0 Å². The smallest absolute Gasteiger partial charge is 0.0487 e. The molecule has 0 aliphatic heterocycles. The topological polar surface area (TPSA) is 3.24 Å². The highest BCUT2D eigenvalue weighted by Crippen LogP contribution is 2.36. The van der Waals surface area contributed by atoms with E-state index in [9.17, 15) is 0 Å². The quantitative estimate of drug-likeness (QED) is 0.292. The van der Waals surface area contributed by atoms with Gasteiger partial charge >= 0.3 is 0 Å². The molecule has 0 saturated heterocycles. The third kappa shape index (κ3) is 3.60. The zero-order valence-electron chi connectivity index (χ0n) is 20.4. The fraction of sp³-hybridized carbons (Fsp3) is 0.0667. The number of fused-ring (bicyclic) bond motifs is 1. The molecule has 0 fully saturated rings. The van der Waals surface area contributed by atoms with Crippen LogP contribution in [0.3, 0.4) is 0 Å². The van der Waals surface area contributed by atoms with Gasteiger partial charge in [0.1, 0.15) is 0 Å². The standard InChI is InChI=1S/C30H25N/c1-22-10-3-5-13-26(22)29-15-7-8-17-30(29)31(2)25-20-18-24(19-21-25)28-16-9-12-23-11-4-6-14-27(23)28/h3-21H,1-2H3/i1D3. The molecule has 5 aromatic carbocycles. The largest absolute Gasteiger partial charge is 0.344 e. The van der Waals surface area contributed by atoms with Gasteiger partial charge in [-0.3, -0.25) is 0 Å². The highest BCUT2D eigenvalue weighted by Gasteiger charge is 2.12. The number of hydrogen-bond acceptors (Lipinski definition) is 1.